The molecule has 1 aromatic rings. The highest BCUT2D eigenvalue weighted by Crippen LogP contribution is 2.10. The van der Waals surface area contributed by atoms with Crippen molar-refractivity contribution in [2.24, 2.45) is 0 Å². The molecule has 0 bridgehead atoms. The van der Waals surface area contributed by atoms with Gasteiger partial charge >= 0.3 is 5.97 Å². The highest BCUT2D eigenvalue weighted by molar-refractivity contribution is 5.94. The fourth-order valence-electron chi connectivity index (χ4n) is 1.05. The molecule has 0 aliphatic heterocycles. The highest BCUT2D eigenvalue weighted by Gasteiger charge is 2.18. The molecule has 1 aromatic carbocycles. The molecule has 0 fully saturated rings. The van der Waals surface area contributed by atoms with Gasteiger partial charge in [0.15, 0.2) is 17.7 Å². The summed E-state index contributed by atoms with van der Waals surface area (Å²) < 4.78 is 25.9. The minimum absolute atomic E-state index is 0.553. The van der Waals surface area contributed by atoms with E-state index < -0.39 is 41.7 Å². The van der Waals surface area contributed by atoms with Crippen LogP contribution in [0.1, 0.15) is 10.4 Å². The second kappa shape index (κ2) is 5.35. The summed E-state index contributed by atoms with van der Waals surface area (Å²) in [5.41, 5.74) is -0.553. The van der Waals surface area contributed by atoms with Gasteiger partial charge in [-0.15, -0.1) is 0 Å². The van der Waals surface area contributed by atoms with Crippen LogP contribution >= 0.6 is 0 Å². The maximum Gasteiger partial charge on any atom is 0.334 e. The number of nitrogens with one attached hydrogen (secondary N) is 1. The van der Waals surface area contributed by atoms with Gasteiger partial charge < -0.3 is 15.5 Å². The van der Waals surface area contributed by atoms with Crippen molar-refractivity contribution >= 4 is 11.9 Å². The van der Waals surface area contributed by atoms with E-state index in [2.05, 4.69) is 0 Å². The van der Waals surface area contributed by atoms with E-state index in [1.54, 1.807) is 0 Å². The Morgan fingerprint density at radius 2 is 2.00 bits per heavy atom. The monoisotopic (exact) mass is 245 g/mol. The molecule has 5 nitrogen and oxygen atoms in total. The predicted molar refractivity (Wildman–Crippen MR) is 52.3 cm³/mol. The Hall–Kier alpha value is -2.02. The number of rotatable bonds is 4. The Labute approximate surface area is 94.7 Å². The van der Waals surface area contributed by atoms with Crippen molar-refractivity contribution in [2.45, 2.75) is 6.10 Å². The van der Waals surface area contributed by atoms with E-state index in [9.17, 15) is 18.4 Å². The molecule has 7 heteroatoms. The summed E-state index contributed by atoms with van der Waals surface area (Å²) in [5, 5.41) is 19.2. The summed E-state index contributed by atoms with van der Waals surface area (Å²) in [7, 11) is 0. The number of aliphatic hydroxyl groups excluding tert-OH is 1. The van der Waals surface area contributed by atoms with Crippen LogP contribution in [0.3, 0.4) is 0 Å². The second-order valence-corrected chi connectivity index (χ2v) is 3.17. The van der Waals surface area contributed by atoms with Crippen LogP contribution in [-0.2, 0) is 4.79 Å². The summed E-state index contributed by atoms with van der Waals surface area (Å²) in [5.74, 6) is -5.03. The Morgan fingerprint density at radius 1 is 1.35 bits per heavy atom. The van der Waals surface area contributed by atoms with E-state index in [0.717, 1.165) is 18.2 Å². The Balaban J connectivity index is 2.71. The van der Waals surface area contributed by atoms with Crippen molar-refractivity contribution in [1.29, 1.82) is 0 Å². The zero-order valence-electron chi connectivity index (χ0n) is 8.48. The number of carbonyl (C=O) groups is 2. The van der Waals surface area contributed by atoms with Gasteiger partial charge in [0.2, 0.25) is 0 Å². The van der Waals surface area contributed by atoms with Crippen LogP contribution < -0.4 is 5.32 Å². The lowest BCUT2D eigenvalue weighted by molar-refractivity contribution is -0.146. The molecule has 0 saturated heterocycles. The van der Waals surface area contributed by atoms with Gasteiger partial charge in [0.25, 0.3) is 5.91 Å². The van der Waals surface area contributed by atoms with Crippen molar-refractivity contribution in [3.05, 3.63) is 35.4 Å². The standard InChI is InChI=1S/C10H9F2NO4/c11-6-3-1-2-5(8(6)12)9(15)13-4-7(14)10(16)17/h1-3,7,14H,4H2,(H,13,15)(H,16,17). The Kier molecular flexibility index (Phi) is 4.11. The predicted octanol–water partition coefficient (Wildman–Crippen LogP) is 0.140. The highest BCUT2D eigenvalue weighted by atomic mass is 19.2. The SMILES string of the molecule is O=C(NCC(O)C(=O)O)c1cccc(F)c1F. The van der Waals surface area contributed by atoms with Crippen molar-refractivity contribution in [3.8, 4) is 0 Å². The second-order valence-electron chi connectivity index (χ2n) is 3.17. The minimum atomic E-state index is -1.80. The molecule has 1 amide bonds. The summed E-state index contributed by atoms with van der Waals surface area (Å²) >= 11 is 0. The molecule has 0 aliphatic carbocycles. The number of benzene rings is 1. The molecule has 0 saturated carbocycles. The molecule has 3 N–H and O–H groups in total. The maximum absolute atomic E-state index is 13.1. The summed E-state index contributed by atoms with van der Waals surface area (Å²) in [6, 6.07) is 3.03. The van der Waals surface area contributed by atoms with Gasteiger partial charge in [-0.2, -0.15) is 0 Å². The first-order valence-electron chi connectivity index (χ1n) is 4.56. The summed E-state index contributed by atoms with van der Waals surface area (Å²) in [6.45, 7) is -0.593. The van der Waals surface area contributed by atoms with Gasteiger partial charge in [0.05, 0.1) is 12.1 Å². The quantitative estimate of drug-likeness (QED) is 0.704. The smallest absolute Gasteiger partial charge is 0.334 e. The Morgan fingerprint density at radius 3 is 2.59 bits per heavy atom. The van der Waals surface area contributed by atoms with E-state index >= 15 is 0 Å². The number of amides is 1. The third kappa shape index (κ3) is 3.22. The van der Waals surface area contributed by atoms with E-state index in [-0.39, 0.29) is 0 Å². The lowest BCUT2D eigenvalue weighted by Gasteiger charge is -2.08. The van der Waals surface area contributed by atoms with Crippen molar-refractivity contribution in [2.75, 3.05) is 6.54 Å². The van der Waals surface area contributed by atoms with Gasteiger partial charge in [-0.3, -0.25) is 4.79 Å². The van der Waals surface area contributed by atoms with Crippen LogP contribution in [0.2, 0.25) is 0 Å². The molecule has 92 valence electrons. The average Bonchev–Trinajstić information content (AvgIpc) is 2.29. The number of aliphatic carboxylic acids is 1. The first kappa shape index (κ1) is 13.0. The van der Waals surface area contributed by atoms with Crippen LogP contribution in [0, 0.1) is 11.6 Å². The number of carboxylic acid groups (broad SMARTS) is 1. The van der Waals surface area contributed by atoms with Gasteiger partial charge in [0, 0.05) is 0 Å². The first-order chi connectivity index (χ1) is 7.93. The molecule has 1 rings (SSSR count). The number of halogens is 2. The van der Waals surface area contributed by atoms with Crippen LogP contribution in [0.4, 0.5) is 8.78 Å². The van der Waals surface area contributed by atoms with E-state index in [1.807, 2.05) is 5.32 Å². The fourth-order valence-corrected chi connectivity index (χ4v) is 1.05. The fraction of sp³-hybridized carbons (Fsp3) is 0.200. The summed E-state index contributed by atoms with van der Waals surface area (Å²) in [6.07, 6.45) is -1.80. The average molecular weight is 245 g/mol. The molecule has 0 heterocycles. The lowest BCUT2D eigenvalue weighted by Crippen LogP contribution is -2.36. The van der Waals surface area contributed by atoms with E-state index in [4.69, 9.17) is 10.2 Å². The van der Waals surface area contributed by atoms with Crippen LogP contribution in [0.15, 0.2) is 18.2 Å². The molecule has 0 spiro atoms. The largest absolute Gasteiger partial charge is 0.479 e. The number of hydrogen-bond donors (Lipinski definition) is 3. The molecule has 0 aliphatic rings. The molecule has 17 heavy (non-hydrogen) atoms. The topological polar surface area (TPSA) is 86.6 Å². The first-order valence-corrected chi connectivity index (χ1v) is 4.56. The molecule has 0 aromatic heterocycles. The summed E-state index contributed by atoms with van der Waals surface area (Å²) in [4.78, 5) is 21.6. The van der Waals surface area contributed by atoms with Gasteiger partial charge in [-0.05, 0) is 12.1 Å². The van der Waals surface area contributed by atoms with Crippen molar-refractivity contribution < 1.29 is 28.6 Å². The Bertz CT molecular complexity index is 450. The third-order valence-electron chi connectivity index (χ3n) is 1.94. The number of aliphatic hydroxyl groups is 1. The molecular weight excluding hydrogens is 236 g/mol. The van der Waals surface area contributed by atoms with Crippen LogP contribution in [-0.4, -0.2) is 34.7 Å². The maximum atomic E-state index is 13.1. The van der Waals surface area contributed by atoms with Crippen molar-refractivity contribution in [1.82, 2.24) is 5.32 Å². The molecule has 1 unspecified atom stereocenters. The van der Waals surface area contributed by atoms with Gasteiger partial charge in [-0.1, -0.05) is 6.07 Å². The lowest BCUT2D eigenvalue weighted by atomic mass is 10.2. The minimum Gasteiger partial charge on any atom is -0.479 e. The number of carbonyl (C=O) groups excluding carboxylic acids is 1. The van der Waals surface area contributed by atoms with E-state index in [0.29, 0.717) is 0 Å². The zero-order valence-corrected chi connectivity index (χ0v) is 8.48. The normalized spacial score (nSPS) is 11.9. The molecule has 1 atom stereocenters. The molecular formula is C10H9F2NO4. The molecule has 0 radical (unpaired) electrons. The van der Waals surface area contributed by atoms with Crippen molar-refractivity contribution in [3.63, 3.8) is 0 Å². The number of carboxylic acids is 1. The van der Waals surface area contributed by atoms with E-state index in [1.165, 1.54) is 0 Å². The zero-order chi connectivity index (χ0) is 13.0. The van der Waals surface area contributed by atoms with Crippen LogP contribution in [0.25, 0.3) is 0 Å². The van der Waals surface area contributed by atoms with Gasteiger partial charge in [-0.25, -0.2) is 13.6 Å². The third-order valence-corrected chi connectivity index (χ3v) is 1.94. The van der Waals surface area contributed by atoms with Gasteiger partial charge in [0.1, 0.15) is 0 Å². The van der Waals surface area contributed by atoms with Crippen LogP contribution in [0.5, 0.6) is 0 Å². The number of hydrogen-bond acceptors (Lipinski definition) is 3.